The third-order valence-corrected chi connectivity index (χ3v) is 0.862. The fourth-order valence-electron chi connectivity index (χ4n) is 0.477. The maximum absolute atomic E-state index is 10.7. The first-order valence-electron chi connectivity index (χ1n) is 3.37. The Morgan fingerprint density at radius 3 is 2.60 bits per heavy atom. The van der Waals surface area contributed by atoms with Crippen molar-refractivity contribution in [1.82, 2.24) is 10.6 Å². The zero-order valence-electron chi connectivity index (χ0n) is 6.53. The predicted octanol–water partition coefficient (Wildman–Crippen LogP) is 1.23. The van der Waals surface area contributed by atoms with Crippen LogP contribution in [0.15, 0.2) is 12.3 Å². The van der Waals surface area contributed by atoms with Gasteiger partial charge in [0.2, 0.25) is 0 Å². The number of hydrogen-bond acceptors (Lipinski definition) is 1. The maximum atomic E-state index is 10.7. The number of hydrogen-bond donors (Lipinski definition) is 2. The fourth-order valence-corrected chi connectivity index (χ4v) is 0.477. The van der Waals surface area contributed by atoms with Gasteiger partial charge in [0.05, 0.1) is 0 Å². The molecule has 0 aliphatic rings. The summed E-state index contributed by atoms with van der Waals surface area (Å²) < 4.78 is 0. The summed E-state index contributed by atoms with van der Waals surface area (Å²) in [5, 5.41) is 5.19. The van der Waals surface area contributed by atoms with Crippen LogP contribution in [0, 0.1) is 0 Å². The van der Waals surface area contributed by atoms with Crippen LogP contribution in [0.4, 0.5) is 4.79 Å². The fraction of sp³-hybridized carbons (Fsp3) is 0.571. The lowest BCUT2D eigenvalue weighted by molar-refractivity contribution is 0.243. The molecule has 0 bridgehead atoms. The Labute approximate surface area is 61.5 Å². The molecule has 0 aliphatic heterocycles. The molecular formula is C7H14N2O. The number of rotatable bonds is 3. The third kappa shape index (κ3) is 5.15. The summed E-state index contributed by atoms with van der Waals surface area (Å²) >= 11 is 0. The quantitative estimate of drug-likeness (QED) is 0.611. The Morgan fingerprint density at radius 2 is 2.20 bits per heavy atom. The molecule has 2 N–H and O–H groups in total. The van der Waals surface area contributed by atoms with E-state index in [-0.39, 0.29) is 6.03 Å². The molecule has 0 aromatic heterocycles. The Bertz CT molecular complexity index is 132. The molecule has 2 amide bonds. The highest BCUT2D eigenvalue weighted by molar-refractivity contribution is 5.75. The SMILES string of the molecule is C=C(C)NC(=O)NCCC. The summed E-state index contributed by atoms with van der Waals surface area (Å²) in [6, 6.07) is -0.172. The molecule has 3 heteroatoms. The second-order valence-electron chi connectivity index (χ2n) is 2.16. The normalized spacial score (nSPS) is 8.60. The van der Waals surface area contributed by atoms with Gasteiger partial charge in [0.15, 0.2) is 0 Å². The van der Waals surface area contributed by atoms with Crippen LogP contribution in [0.3, 0.4) is 0 Å². The number of urea groups is 1. The lowest BCUT2D eigenvalue weighted by Crippen LogP contribution is -2.34. The van der Waals surface area contributed by atoms with Gasteiger partial charge in [-0.25, -0.2) is 4.79 Å². The Kier molecular flexibility index (Phi) is 4.37. The van der Waals surface area contributed by atoms with Crippen molar-refractivity contribution in [2.45, 2.75) is 20.3 Å². The summed E-state index contributed by atoms with van der Waals surface area (Å²) in [5.74, 6) is 0. The number of nitrogens with one attached hydrogen (secondary N) is 2. The van der Waals surface area contributed by atoms with Crippen molar-refractivity contribution in [3.05, 3.63) is 12.3 Å². The molecule has 0 saturated carbocycles. The van der Waals surface area contributed by atoms with Gasteiger partial charge in [-0.3, -0.25) is 0 Å². The second-order valence-corrected chi connectivity index (χ2v) is 2.16. The van der Waals surface area contributed by atoms with E-state index in [0.29, 0.717) is 12.2 Å². The summed E-state index contributed by atoms with van der Waals surface area (Å²) in [6.45, 7) is 7.98. The van der Waals surface area contributed by atoms with Gasteiger partial charge in [-0.15, -0.1) is 0 Å². The highest BCUT2D eigenvalue weighted by Gasteiger charge is 1.94. The summed E-state index contributed by atoms with van der Waals surface area (Å²) in [5.41, 5.74) is 0.661. The molecule has 10 heavy (non-hydrogen) atoms. The van der Waals surface area contributed by atoms with E-state index in [2.05, 4.69) is 17.2 Å². The van der Waals surface area contributed by atoms with E-state index in [0.717, 1.165) is 6.42 Å². The number of allylic oxidation sites excluding steroid dienone is 1. The van der Waals surface area contributed by atoms with Crippen LogP contribution in [0.2, 0.25) is 0 Å². The Hall–Kier alpha value is -0.990. The summed E-state index contributed by atoms with van der Waals surface area (Å²) in [7, 11) is 0. The van der Waals surface area contributed by atoms with Gasteiger partial charge >= 0.3 is 6.03 Å². The molecule has 58 valence electrons. The van der Waals surface area contributed by atoms with Crippen LogP contribution < -0.4 is 10.6 Å². The first-order chi connectivity index (χ1) is 4.66. The Balaban J connectivity index is 3.35. The van der Waals surface area contributed by atoms with E-state index >= 15 is 0 Å². The lowest BCUT2D eigenvalue weighted by atomic mass is 10.5. The van der Waals surface area contributed by atoms with Crippen molar-refractivity contribution in [3.63, 3.8) is 0 Å². The highest BCUT2D eigenvalue weighted by Crippen LogP contribution is 1.78. The minimum atomic E-state index is -0.172. The topological polar surface area (TPSA) is 41.1 Å². The second kappa shape index (κ2) is 4.85. The average molecular weight is 142 g/mol. The smallest absolute Gasteiger partial charge is 0.318 e. The maximum Gasteiger partial charge on any atom is 0.318 e. The van der Waals surface area contributed by atoms with Gasteiger partial charge in [0, 0.05) is 12.2 Å². The monoisotopic (exact) mass is 142 g/mol. The van der Waals surface area contributed by atoms with E-state index in [9.17, 15) is 4.79 Å². The van der Waals surface area contributed by atoms with Crippen molar-refractivity contribution in [3.8, 4) is 0 Å². The zero-order chi connectivity index (χ0) is 7.98. The number of amides is 2. The molecule has 0 heterocycles. The number of carbonyl (C=O) groups is 1. The van der Waals surface area contributed by atoms with Crippen molar-refractivity contribution in [2.75, 3.05) is 6.54 Å². The molecule has 0 rings (SSSR count). The van der Waals surface area contributed by atoms with E-state index in [1.54, 1.807) is 6.92 Å². The minimum absolute atomic E-state index is 0.172. The van der Waals surface area contributed by atoms with Gasteiger partial charge < -0.3 is 10.6 Å². The van der Waals surface area contributed by atoms with E-state index in [4.69, 9.17) is 0 Å². The van der Waals surface area contributed by atoms with Gasteiger partial charge in [0.25, 0.3) is 0 Å². The molecule has 0 saturated heterocycles. The molecule has 0 atom stereocenters. The Morgan fingerprint density at radius 1 is 1.60 bits per heavy atom. The van der Waals surface area contributed by atoms with Gasteiger partial charge in [-0.2, -0.15) is 0 Å². The van der Waals surface area contributed by atoms with Crippen molar-refractivity contribution in [1.29, 1.82) is 0 Å². The van der Waals surface area contributed by atoms with Crippen LogP contribution in [-0.4, -0.2) is 12.6 Å². The van der Waals surface area contributed by atoms with Crippen molar-refractivity contribution >= 4 is 6.03 Å². The molecule has 0 spiro atoms. The zero-order valence-corrected chi connectivity index (χ0v) is 6.53. The van der Waals surface area contributed by atoms with Crippen molar-refractivity contribution < 1.29 is 4.79 Å². The third-order valence-electron chi connectivity index (χ3n) is 0.862. The first-order valence-corrected chi connectivity index (χ1v) is 3.37. The van der Waals surface area contributed by atoms with Crippen LogP contribution >= 0.6 is 0 Å². The minimum Gasteiger partial charge on any atom is -0.338 e. The predicted molar refractivity (Wildman–Crippen MR) is 41.6 cm³/mol. The van der Waals surface area contributed by atoms with Crippen LogP contribution in [0.5, 0.6) is 0 Å². The molecule has 3 nitrogen and oxygen atoms in total. The molecule has 0 unspecified atom stereocenters. The largest absolute Gasteiger partial charge is 0.338 e. The lowest BCUT2D eigenvalue weighted by Gasteiger charge is -2.04. The molecule has 0 aromatic carbocycles. The van der Waals surface area contributed by atoms with E-state index < -0.39 is 0 Å². The highest BCUT2D eigenvalue weighted by atomic mass is 16.2. The van der Waals surface area contributed by atoms with Crippen LogP contribution in [0.1, 0.15) is 20.3 Å². The van der Waals surface area contributed by atoms with E-state index in [1.807, 2.05) is 6.92 Å². The molecule has 0 fully saturated rings. The summed E-state index contributed by atoms with van der Waals surface area (Å²) in [4.78, 5) is 10.7. The van der Waals surface area contributed by atoms with Gasteiger partial charge in [0.1, 0.15) is 0 Å². The number of carbonyl (C=O) groups excluding carboxylic acids is 1. The van der Waals surface area contributed by atoms with Gasteiger partial charge in [-0.05, 0) is 13.3 Å². The summed E-state index contributed by atoms with van der Waals surface area (Å²) in [6.07, 6.45) is 0.948. The van der Waals surface area contributed by atoms with E-state index in [1.165, 1.54) is 0 Å². The molecular weight excluding hydrogens is 128 g/mol. The molecule has 0 radical (unpaired) electrons. The first kappa shape index (κ1) is 9.01. The molecule has 0 aromatic rings. The van der Waals surface area contributed by atoms with Gasteiger partial charge in [-0.1, -0.05) is 13.5 Å². The van der Waals surface area contributed by atoms with Crippen LogP contribution in [0.25, 0.3) is 0 Å². The van der Waals surface area contributed by atoms with Crippen molar-refractivity contribution in [2.24, 2.45) is 0 Å². The molecule has 0 aliphatic carbocycles. The average Bonchev–Trinajstić information content (AvgIpc) is 1.82. The standard InChI is InChI=1S/C7H14N2O/c1-4-5-8-7(10)9-6(2)3/h2,4-5H2,1,3H3,(H2,8,9,10). The van der Waals surface area contributed by atoms with Crippen LogP contribution in [-0.2, 0) is 0 Å².